The van der Waals surface area contributed by atoms with Gasteiger partial charge in [0.15, 0.2) is 0 Å². The quantitative estimate of drug-likeness (QED) is 0.393. The molecular formula is C18H30N2. The molecule has 0 saturated heterocycles. The zero-order valence-electron chi connectivity index (χ0n) is 14.2. The van der Waals surface area contributed by atoms with Gasteiger partial charge in [-0.3, -0.25) is 0 Å². The van der Waals surface area contributed by atoms with Crippen molar-refractivity contribution < 1.29 is 0 Å². The molecule has 0 spiro atoms. The maximum Gasteiger partial charge on any atom is 0.103 e. The minimum Gasteiger partial charge on any atom is -0.348 e. The number of hydrogen-bond acceptors (Lipinski definition) is 1. The third kappa shape index (κ3) is 7.13. The molecule has 0 aromatic heterocycles. The van der Waals surface area contributed by atoms with Gasteiger partial charge in [0, 0.05) is 11.4 Å². The number of allylic oxidation sites excluding steroid dienone is 7. The summed E-state index contributed by atoms with van der Waals surface area (Å²) < 4.78 is 0. The summed E-state index contributed by atoms with van der Waals surface area (Å²) >= 11 is 0. The van der Waals surface area contributed by atoms with Crippen LogP contribution in [-0.4, -0.2) is 5.84 Å². The summed E-state index contributed by atoms with van der Waals surface area (Å²) in [5, 5.41) is 3.37. The van der Waals surface area contributed by atoms with Crippen LogP contribution >= 0.6 is 0 Å². The molecule has 20 heavy (non-hydrogen) atoms. The second kappa shape index (κ2) is 9.35. The maximum absolute atomic E-state index is 4.64. The van der Waals surface area contributed by atoms with Crippen LogP contribution in [0.4, 0.5) is 0 Å². The van der Waals surface area contributed by atoms with Crippen molar-refractivity contribution >= 4 is 5.84 Å². The number of rotatable bonds is 6. The molecule has 0 aliphatic carbocycles. The zero-order chi connectivity index (χ0) is 15.7. The van der Waals surface area contributed by atoms with Crippen molar-refractivity contribution in [3.8, 4) is 0 Å². The van der Waals surface area contributed by atoms with E-state index in [9.17, 15) is 0 Å². The third-order valence-corrected chi connectivity index (χ3v) is 2.94. The number of amidine groups is 1. The normalized spacial score (nSPS) is 14.0. The summed E-state index contributed by atoms with van der Waals surface area (Å²) in [5.74, 6) is 1.36. The molecule has 0 radical (unpaired) electrons. The maximum atomic E-state index is 4.64. The van der Waals surface area contributed by atoms with E-state index in [0.29, 0.717) is 5.92 Å². The van der Waals surface area contributed by atoms with Gasteiger partial charge >= 0.3 is 0 Å². The van der Waals surface area contributed by atoms with Gasteiger partial charge in [0.05, 0.1) is 0 Å². The number of hydrogen-bond donors (Lipinski definition) is 1. The lowest BCUT2D eigenvalue weighted by Gasteiger charge is -2.11. The minimum atomic E-state index is 0.441. The molecule has 0 atom stereocenters. The molecule has 0 aliphatic heterocycles. The van der Waals surface area contributed by atoms with E-state index < -0.39 is 0 Å². The molecule has 2 heteroatoms. The first-order valence-electron chi connectivity index (χ1n) is 7.31. The van der Waals surface area contributed by atoms with Crippen LogP contribution in [-0.2, 0) is 0 Å². The summed E-state index contributed by atoms with van der Waals surface area (Å²) in [6.45, 7) is 18.5. The van der Waals surface area contributed by atoms with E-state index in [0.717, 1.165) is 18.0 Å². The van der Waals surface area contributed by atoms with Crippen LogP contribution < -0.4 is 5.32 Å². The van der Waals surface area contributed by atoms with E-state index in [2.05, 4.69) is 63.7 Å². The first kappa shape index (κ1) is 18.4. The Morgan fingerprint density at radius 3 is 2.15 bits per heavy atom. The highest BCUT2D eigenvalue weighted by Crippen LogP contribution is 2.16. The van der Waals surface area contributed by atoms with E-state index in [-0.39, 0.29) is 0 Å². The summed E-state index contributed by atoms with van der Waals surface area (Å²) in [7, 11) is 0. The lowest BCUT2D eigenvalue weighted by molar-refractivity contribution is 0.777. The monoisotopic (exact) mass is 274 g/mol. The predicted molar refractivity (Wildman–Crippen MR) is 91.8 cm³/mol. The van der Waals surface area contributed by atoms with Gasteiger partial charge in [-0.05, 0) is 51.7 Å². The number of nitrogens with one attached hydrogen (secondary N) is 1. The largest absolute Gasteiger partial charge is 0.348 e. The molecule has 0 bridgehead atoms. The van der Waals surface area contributed by atoms with E-state index in [4.69, 9.17) is 0 Å². The molecule has 0 saturated carbocycles. The average molecular weight is 274 g/mol. The van der Waals surface area contributed by atoms with Crippen molar-refractivity contribution in [2.45, 2.75) is 54.9 Å². The zero-order valence-corrected chi connectivity index (χ0v) is 14.2. The first-order chi connectivity index (χ1) is 9.31. The van der Waals surface area contributed by atoms with E-state index >= 15 is 0 Å². The van der Waals surface area contributed by atoms with Crippen LogP contribution in [0.15, 0.2) is 52.3 Å². The molecule has 0 unspecified atom stereocenters. The van der Waals surface area contributed by atoms with Crippen molar-refractivity contribution in [2.24, 2.45) is 10.9 Å². The Balaban J connectivity index is 5.12. The van der Waals surface area contributed by atoms with Crippen LogP contribution in [0.2, 0.25) is 0 Å². The van der Waals surface area contributed by atoms with Gasteiger partial charge in [-0.1, -0.05) is 45.1 Å². The molecule has 0 heterocycles. The fourth-order valence-corrected chi connectivity index (χ4v) is 1.89. The molecule has 0 aliphatic rings. The Morgan fingerprint density at radius 1 is 1.15 bits per heavy atom. The summed E-state index contributed by atoms with van der Waals surface area (Å²) in [5.41, 5.74) is 4.68. The molecule has 1 N–H and O–H groups in total. The van der Waals surface area contributed by atoms with E-state index in [1.807, 2.05) is 19.9 Å². The Morgan fingerprint density at radius 2 is 1.75 bits per heavy atom. The number of nitrogens with zero attached hydrogens (tertiary/aromatic N) is 1. The fraction of sp³-hybridized carbons (Fsp3) is 0.500. The van der Waals surface area contributed by atoms with Crippen molar-refractivity contribution in [1.29, 1.82) is 0 Å². The minimum absolute atomic E-state index is 0.441. The van der Waals surface area contributed by atoms with Gasteiger partial charge in [-0.15, -0.1) is 0 Å². The van der Waals surface area contributed by atoms with Crippen LogP contribution in [0.25, 0.3) is 0 Å². The van der Waals surface area contributed by atoms with Crippen molar-refractivity contribution in [3.05, 3.63) is 47.3 Å². The van der Waals surface area contributed by atoms with Crippen molar-refractivity contribution in [1.82, 2.24) is 5.32 Å². The fourth-order valence-electron chi connectivity index (χ4n) is 1.89. The first-order valence-corrected chi connectivity index (χ1v) is 7.31. The molecule has 0 aromatic carbocycles. The SMILES string of the molecule is C=C/C(=C(/C)N=C(C)N/C(=C/C=C(C)C)CC)C(C)C. The number of aliphatic imine (C=N–C) groups is 1. The lowest BCUT2D eigenvalue weighted by atomic mass is 10.0. The Labute approximate surface area is 125 Å². The van der Waals surface area contributed by atoms with Gasteiger partial charge in [0.2, 0.25) is 0 Å². The Hall–Kier alpha value is -1.57. The predicted octanol–water partition coefficient (Wildman–Crippen LogP) is 5.37. The van der Waals surface area contributed by atoms with E-state index in [1.165, 1.54) is 16.8 Å². The van der Waals surface area contributed by atoms with Gasteiger partial charge in [-0.2, -0.15) is 0 Å². The second-order valence-corrected chi connectivity index (χ2v) is 5.51. The Bertz CT molecular complexity index is 442. The Kier molecular flexibility index (Phi) is 8.62. The highest BCUT2D eigenvalue weighted by molar-refractivity contribution is 5.82. The molecule has 2 nitrogen and oxygen atoms in total. The molecule has 0 amide bonds. The molecule has 112 valence electrons. The smallest absolute Gasteiger partial charge is 0.103 e. The van der Waals surface area contributed by atoms with Gasteiger partial charge in [0.1, 0.15) is 5.84 Å². The lowest BCUT2D eigenvalue weighted by Crippen LogP contribution is -2.19. The van der Waals surface area contributed by atoms with Gasteiger partial charge in [-0.25, -0.2) is 4.99 Å². The standard InChI is InChI=1S/C18H30N2/c1-9-17(12-11-13(3)4)20-16(8)19-15(7)18(10-2)14(5)6/h10-12,14H,2,9H2,1,3-8H3,(H,19,20)/b17-12+,18-15+. The topological polar surface area (TPSA) is 24.4 Å². The van der Waals surface area contributed by atoms with Crippen LogP contribution in [0.5, 0.6) is 0 Å². The summed E-state index contributed by atoms with van der Waals surface area (Å²) in [4.78, 5) is 4.64. The third-order valence-electron chi connectivity index (χ3n) is 2.94. The van der Waals surface area contributed by atoms with Gasteiger partial charge < -0.3 is 5.32 Å². The highest BCUT2D eigenvalue weighted by atomic mass is 15.0. The van der Waals surface area contributed by atoms with Crippen LogP contribution in [0.3, 0.4) is 0 Å². The highest BCUT2D eigenvalue weighted by Gasteiger charge is 2.03. The van der Waals surface area contributed by atoms with Crippen LogP contribution in [0.1, 0.15) is 54.9 Å². The second-order valence-electron chi connectivity index (χ2n) is 5.51. The van der Waals surface area contributed by atoms with Gasteiger partial charge in [0.25, 0.3) is 0 Å². The molecule has 0 rings (SSSR count). The van der Waals surface area contributed by atoms with Crippen LogP contribution in [0, 0.1) is 5.92 Å². The molecule has 0 fully saturated rings. The van der Waals surface area contributed by atoms with E-state index in [1.54, 1.807) is 0 Å². The summed E-state index contributed by atoms with van der Waals surface area (Å²) in [6, 6.07) is 0. The van der Waals surface area contributed by atoms with Crippen molar-refractivity contribution in [3.63, 3.8) is 0 Å². The molecule has 0 aromatic rings. The summed E-state index contributed by atoms with van der Waals surface area (Å²) in [6.07, 6.45) is 7.09. The van der Waals surface area contributed by atoms with Crippen molar-refractivity contribution in [2.75, 3.05) is 0 Å². The average Bonchev–Trinajstić information content (AvgIpc) is 2.34. The molecular weight excluding hydrogens is 244 g/mol.